The molecule has 1 aliphatic rings. The third-order valence-electron chi connectivity index (χ3n) is 4.58. The Labute approximate surface area is 179 Å². The number of aliphatic imine (C=N–C) groups is 1. The van der Waals surface area contributed by atoms with E-state index in [1.807, 2.05) is 48.5 Å². The number of pyridine rings is 2. The average molecular weight is 416 g/mol. The summed E-state index contributed by atoms with van der Waals surface area (Å²) in [6.07, 6.45) is 6.27. The number of nitrogens with zero attached hydrogens (tertiary/aromatic N) is 4. The van der Waals surface area contributed by atoms with Gasteiger partial charge in [0.25, 0.3) is 5.91 Å². The second kappa shape index (κ2) is 8.92. The van der Waals surface area contributed by atoms with Gasteiger partial charge >= 0.3 is 0 Å². The summed E-state index contributed by atoms with van der Waals surface area (Å²) in [7, 11) is 1.75. The summed E-state index contributed by atoms with van der Waals surface area (Å²) >= 11 is 1.37. The van der Waals surface area contributed by atoms with E-state index in [1.165, 1.54) is 17.3 Å². The lowest BCUT2D eigenvalue weighted by atomic mass is 10.2. The lowest BCUT2D eigenvalue weighted by Crippen LogP contribution is -2.23. The molecule has 1 fully saturated rings. The fourth-order valence-corrected chi connectivity index (χ4v) is 3.88. The number of aromatic nitrogens is 2. The second-order valence-corrected chi connectivity index (χ2v) is 7.71. The Balaban J connectivity index is 1.54. The van der Waals surface area contributed by atoms with Crippen LogP contribution in [-0.4, -0.2) is 33.0 Å². The lowest BCUT2D eigenvalue weighted by Gasteiger charge is -2.07. The van der Waals surface area contributed by atoms with E-state index < -0.39 is 0 Å². The molecule has 30 heavy (non-hydrogen) atoms. The third-order valence-corrected chi connectivity index (χ3v) is 5.64. The number of hydrogen-bond donors (Lipinski definition) is 1. The number of aryl methyl sites for hydroxylation is 1. The van der Waals surface area contributed by atoms with E-state index in [9.17, 15) is 4.79 Å². The van der Waals surface area contributed by atoms with Gasteiger partial charge in [-0.15, -0.1) is 0 Å². The lowest BCUT2D eigenvalue weighted by molar-refractivity contribution is -0.121. The molecule has 6 nitrogen and oxygen atoms in total. The smallest absolute Gasteiger partial charge is 0.266 e. The number of thioether (sulfide) groups is 1. The number of anilines is 2. The first-order valence-corrected chi connectivity index (χ1v) is 10.4. The standard InChI is InChI=1S/C23H21N5OS/c1-3-16-7-9-18(10-8-16)26-23-28(2)22(29)19(30-23)14-17-11-13-25-21(15-17)27-20-6-4-5-12-24-20/h4-15H,3H2,1-2H3,(H,24,25,27)/b19-14-,26-23?. The van der Waals surface area contributed by atoms with Crippen molar-refractivity contribution in [2.75, 3.05) is 12.4 Å². The maximum absolute atomic E-state index is 12.7. The quantitative estimate of drug-likeness (QED) is 0.593. The van der Waals surface area contributed by atoms with Gasteiger partial charge in [0.1, 0.15) is 11.6 Å². The number of amidine groups is 1. The number of carbonyl (C=O) groups is 1. The van der Waals surface area contributed by atoms with Gasteiger partial charge < -0.3 is 5.32 Å². The minimum atomic E-state index is -0.0695. The maximum atomic E-state index is 12.7. The van der Waals surface area contributed by atoms with Crippen LogP contribution >= 0.6 is 11.8 Å². The fraction of sp³-hybridized carbons (Fsp3) is 0.130. The summed E-state index contributed by atoms with van der Waals surface area (Å²) in [6.45, 7) is 2.12. The van der Waals surface area contributed by atoms with Crippen LogP contribution in [0.4, 0.5) is 17.3 Å². The predicted molar refractivity (Wildman–Crippen MR) is 123 cm³/mol. The van der Waals surface area contributed by atoms with E-state index in [4.69, 9.17) is 0 Å². The molecule has 1 saturated heterocycles. The van der Waals surface area contributed by atoms with Gasteiger partial charge in [0, 0.05) is 19.4 Å². The van der Waals surface area contributed by atoms with Crippen LogP contribution < -0.4 is 5.32 Å². The highest BCUT2D eigenvalue weighted by molar-refractivity contribution is 8.18. The number of carbonyl (C=O) groups excluding carboxylic acids is 1. The molecule has 0 saturated carbocycles. The Morgan fingerprint density at radius 1 is 1.07 bits per heavy atom. The van der Waals surface area contributed by atoms with Crippen molar-refractivity contribution in [1.29, 1.82) is 0 Å². The number of nitrogens with one attached hydrogen (secondary N) is 1. The van der Waals surface area contributed by atoms with Gasteiger partial charge in [0.05, 0.1) is 10.6 Å². The number of likely N-dealkylation sites (N-methyl/N-ethyl adjacent to an activating group) is 1. The molecular formula is C23H21N5OS. The van der Waals surface area contributed by atoms with Crippen LogP contribution in [0.1, 0.15) is 18.1 Å². The number of rotatable bonds is 5. The molecule has 150 valence electrons. The molecule has 0 atom stereocenters. The van der Waals surface area contributed by atoms with Crippen molar-refractivity contribution in [3.8, 4) is 0 Å². The number of amides is 1. The molecule has 0 radical (unpaired) electrons. The summed E-state index contributed by atoms with van der Waals surface area (Å²) in [5.41, 5.74) is 2.97. The number of hydrogen-bond acceptors (Lipinski definition) is 6. The molecule has 0 aliphatic carbocycles. The van der Waals surface area contributed by atoms with Crippen molar-refractivity contribution < 1.29 is 4.79 Å². The van der Waals surface area contributed by atoms with Crippen LogP contribution in [0, 0.1) is 0 Å². The van der Waals surface area contributed by atoms with Crippen LogP contribution in [0.5, 0.6) is 0 Å². The molecule has 1 aromatic carbocycles. The molecule has 0 spiro atoms. The molecule has 0 bridgehead atoms. The molecule has 0 unspecified atom stereocenters. The Bertz CT molecular complexity index is 1110. The molecule has 2 aromatic heterocycles. The second-order valence-electron chi connectivity index (χ2n) is 6.70. The third kappa shape index (κ3) is 4.58. The minimum absolute atomic E-state index is 0.0695. The highest BCUT2D eigenvalue weighted by Crippen LogP contribution is 2.33. The zero-order valence-electron chi connectivity index (χ0n) is 16.7. The Morgan fingerprint density at radius 2 is 1.87 bits per heavy atom. The summed E-state index contributed by atoms with van der Waals surface area (Å²) in [5, 5.41) is 3.83. The van der Waals surface area contributed by atoms with Crippen molar-refractivity contribution >= 4 is 46.2 Å². The molecule has 3 aromatic rings. The monoisotopic (exact) mass is 415 g/mol. The van der Waals surface area contributed by atoms with Gasteiger partial charge in [-0.2, -0.15) is 0 Å². The van der Waals surface area contributed by atoms with Crippen LogP contribution in [0.25, 0.3) is 6.08 Å². The molecule has 1 amide bonds. The van der Waals surface area contributed by atoms with Gasteiger partial charge in [0.2, 0.25) is 0 Å². The van der Waals surface area contributed by atoms with Crippen molar-refractivity contribution in [2.45, 2.75) is 13.3 Å². The largest absolute Gasteiger partial charge is 0.325 e. The Morgan fingerprint density at radius 3 is 2.60 bits per heavy atom. The first-order valence-electron chi connectivity index (χ1n) is 9.62. The van der Waals surface area contributed by atoms with Crippen LogP contribution in [-0.2, 0) is 11.2 Å². The first kappa shape index (κ1) is 19.8. The fourth-order valence-electron chi connectivity index (χ4n) is 2.89. The van der Waals surface area contributed by atoms with E-state index >= 15 is 0 Å². The van der Waals surface area contributed by atoms with Crippen molar-refractivity contribution in [3.63, 3.8) is 0 Å². The van der Waals surface area contributed by atoms with E-state index in [0.29, 0.717) is 21.7 Å². The summed E-state index contributed by atoms with van der Waals surface area (Å²) in [5.74, 6) is 1.31. The van der Waals surface area contributed by atoms with Gasteiger partial charge in [-0.05, 0) is 71.8 Å². The van der Waals surface area contributed by atoms with E-state index in [2.05, 4.69) is 39.3 Å². The van der Waals surface area contributed by atoms with Gasteiger partial charge in [0.15, 0.2) is 5.17 Å². The molecule has 4 rings (SSSR count). The van der Waals surface area contributed by atoms with Gasteiger partial charge in [-0.1, -0.05) is 25.1 Å². The molecule has 1 aliphatic heterocycles. The zero-order chi connectivity index (χ0) is 20.9. The van der Waals surface area contributed by atoms with E-state index in [1.54, 1.807) is 24.3 Å². The molecule has 3 heterocycles. The Kier molecular flexibility index (Phi) is 5.90. The van der Waals surface area contributed by atoms with Crippen LogP contribution in [0.15, 0.2) is 76.9 Å². The van der Waals surface area contributed by atoms with Gasteiger partial charge in [-0.25, -0.2) is 15.0 Å². The van der Waals surface area contributed by atoms with E-state index in [-0.39, 0.29) is 5.91 Å². The normalized spacial score (nSPS) is 16.5. The number of benzene rings is 1. The van der Waals surface area contributed by atoms with Crippen molar-refractivity contribution in [2.24, 2.45) is 4.99 Å². The zero-order valence-corrected chi connectivity index (χ0v) is 17.6. The van der Waals surface area contributed by atoms with Gasteiger partial charge in [-0.3, -0.25) is 9.69 Å². The maximum Gasteiger partial charge on any atom is 0.266 e. The first-order chi connectivity index (χ1) is 14.6. The highest BCUT2D eigenvalue weighted by atomic mass is 32.2. The predicted octanol–water partition coefficient (Wildman–Crippen LogP) is 5.02. The Hall–Kier alpha value is -3.45. The molecular weight excluding hydrogens is 394 g/mol. The van der Waals surface area contributed by atoms with E-state index in [0.717, 1.165) is 17.7 Å². The van der Waals surface area contributed by atoms with Crippen LogP contribution in [0.2, 0.25) is 0 Å². The highest BCUT2D eigenvalue weighted by Gasteiger charge is 2.30. The summed E-state index contributed by atoms with van der Waals surface area (Å²) in [6, 6.07) is 17.5. The summed E-state index contributed by atoms with van der Waals surface area (Å²) in [4.78, 5) is 28.1. The molecule has 1 N–H and O–H groups in total. The SMILES string of the molecule is CCc1ccc(N=C2S/C(=C\c3ccnc(Nc4ccccn4)c3)C(=O)N2C)cc1. The minimum Gasteiger partial charge on any atom is -0.325 e. The molecule has 7 heteroatoms. The van der Waals surface area contributed by atoms with Crippen molar-refractivity contribution in [1.82, 2.24) is 14.9 Å². The van der Waals surface area contributed by atoms with Crippen molar-refractivity contribution in [3.05, 3.63) is 83.0 Å². The average Bonchev–Trinajstić information content (AvgIpc) is 3.03. The van der Waals surface area contributed by atoms with Crippen LogP contribution in [0.3, 0.4) is 0 Å². The summed E-state index contributed by atoms with van der Waals surface area (Å²) < 4.78 is 0. The topological polar surface area (TPSA) is 70.5 Å².